The van der Waals surface area contributed by atoms with Crippen LogP contribution in [-0.4, -0.2) is 9.13 Å². The van der Waals surface area contributed by atoms with Gasteiger partial charge in [0.2, 0.25) is 0 Å². The van der Waals surface area contributed by atoms with E-state index >= 15 is 0 Å². The maximum absolute atomic E-state index is 12.2. The highest BCUT2D eigenvalue weighted by Crippen LogP contribution is 2.17. The largest absolute Gasteiger partial charge is 0.391 e. The molecule has 0 unspecified atom stereocenters. The van der Waals surface area contributed by atoms with Gasteiger partial charge in [-0.05, 0) is 18.6 Å². The molecule has 1 aromatic carbocycles. The second kappa shape index (κ2) is 5.64. The molecule has 0 aliphatic carbocycles. The van der Waals surface area contributed by atoms with Gasteiger partial charge in [0, 0.05) is 19.3 Å². The Labute approximate surface area is 116 Å². The molecule has 3 N–H and O–H groups in total. The van der Waals surface area contributed by atoms with E-state index in [9.17, 15) is 9.59 Å². The van der Waals surface area contributed by atoms with Crippen LogP contribution in [0.15, 0.2) is 39.9 Å². The van der Waals surface area contributed by atoms with Crippen molar-refractivity contribution in [3.8, 4) is 0 Å². The standard InChI is InChI=1S/C14H18N4O2/c1-3-9-18-13(19)11(15)12(17(2)14(18)20)16-10-7-5-4-6-8-10/h4-8,16H,3,9,15H2,1-2H3. The van der Waals surface area contributed by atoms with Crippen molar-refractivity contribution < 1.29 is 0 Å². The van der Waals surface area contributed by atoms with Crippen molar-refractivity contribution in [2.75, 3.05) is 11.1 Å². The summed E-state index contributed by atoms with van der Waals surface area (Å²) in [6.07, 6.45) is 0.694. The zero-order chi connectivity index (χ0) is 14.7. The van der Waals surface area contributed by atoms with Crippen molar-refractivity contribution in [1.29, 1.82) is 0 Å². The zero-order valence-corrected chi connectivity index (χ0v) is 11.6. The van der Waals surface area contributed by atoms with Crippen LogP contribution in [0.5, 0.6) is 0 Å². The predicted molar refractivity (Wildman–Crippen MR) is 80.4 cm³/mol. The summed E-state index contributed by atoms with van der Waals surface area (Å²) in [5.74, 6) is 0.318. The lowest BCUT2D eigenvalue weighted by Gasteiger charge is -2.15. The number of benzene rings is 1. The Balaban J connectivity index is 2.56. The van der Waals surface area contributed by atoms with Gasteiger partial charge < -0.3 is 11.1 Å². The third-order valence-corrected chi connectivity index (χ3v) is 3.07. The van der Waals surface area contributed by atoms with Crippen molar-refractivity contribution in [2.45, 2.75) is 19.9 Å². The van der Waals surface area contributed by atoms with Crippen LogP contribution >= 0.6 is 0 Å². The molecule has 6 heteroatoms. The van der Waals surface area contributed by atoms with Crippen molar-refractivity contribution in [3.63, 3.8) is 0 Å². The summed E-state index contributed by atoms with van der Waals surface area (Å²) in [4.78, 5) is 24.3. The number of hydrogen-bond acceptors (Lipinski definition) is 4. The molecular weight excluding hydrogens is 256 g/mol. The topological polar surface area (TPSA) is 82.0 Å². The number of nitrogens with two attached hydrogens (primary N) is 1. The summed E-state index contributed by atoms with van der Waals surface area (Å²) in [6.45, 7) is 2.26. The number of anilines is 3. The fraction of sp³-hybridized carbons (Fsp3) is 0.286. The van der Waals surface area contributed by atoms with Crippen molar-refractivity contribution in [1.82, 2.24) is 9.13 Å². The minimum atomic E-state index is -0.451. The minimum Gasteiger partial charge on any atom is -0.391 e. The summed E-state index contributed by atoms with van der Waals surface area (Å²) in [7, 11) is 1.59. The molecule has 0 aliphatic rings. The maximum atomic E-state index is 12.2. The van der Waals surface area contributed by atoms with Gasteiger partial charge in [-0.2, -0.15) is 0 Å². The second-order valence-corrected chi connectivity index (χ2v) is 4.55. The lowest BCUT2D eigenvalue weighted by molar-refractivity contribution is 0.587. The number of rotatable bonds is 4. The van der Waals surface area contributed by atoms with Gasteiger partial charge in [0.05, 0.1) is 0 Å². The normalized spacial score (nSPS) is 10.5. The van der Waals surface area contributed by atoms with Gasteiger partial charge in [0.25, 0.3) is 5.56 Å². The molecule has 0 saturated carbocycles. The van der Waals surface area contributed by atoms with Crippen LogP contribution in [0.2, 0.25) is 0 Å². The van der Waals surface area contributed by atoms with Crippen LogP contribution in [0.3, 0.4) is 0 Å². The average molecular weight is 274 g/mol. The van der Waals surface area contributed by atoms with Gasteiger partial charge in [-0.25, -0.2) is 4.79 Å². The number of nitrogens with zero attached hydrogens (tertiary/aromatic N) is 2. The molecule has 0 bridgehead atoms. The van der Waals surface area contributed by atoms with E-state index in [2.05, 4.69) is 5.32 Å². The SMILES string of the molecule is CCCn1c(=O)c(N)c(Nc2ccccc2)n(C)c1=O. The molecule has 0 fully saturated rings. The van der Waals surface area contributed by atoms with E-state index in [4.69, 9.17) is 5.73 Å². The third-order valence-electron chi connectivity index (χ3n) is 3.07. The lowest BCUT2D eigenvalue weighted by Crippen LogP contribution is -2.41. The Morgan fingerprint density at radius 3 is 2.45 bits per heavy atom. The van der Waals surface area contributed by atoms with E-state index in [0.29, 0.717) is 18.8 Å². The Morgan fingerprint density at radius 2 is 1.85 bits per heavy atom. The van der Waals surface area contributed by atoms with E-state index in [1.165, 1.54) is 4.57 Å². The van der Waals surface area contributed by atoms with Crippen LogP contribution in [0.4, 0.5) is 17.2 Å². The minimum absolute atomic E-state index is 0.0457. The molecule has 106 valence electrons. The highest BCUT2D eigenvalue weighted by atomic mass is 16.2. The number of hydrogen-bond donors (Lipinski definition) is 2. The van der Waals surface area contributed by atoms with Gasteiger partial charge in [-0.1, -0.05) is 25.1 Å². The number of para-hydroxylation sites is 1. The molecule has 0 spiro atoms. The first kappa shape index (κ1) is 13.9. The Hall–Kier alpha value is -2.50. The summed E-state index contributed by atoms with van der Waals surface area (Å²) in [5.41, 5.74) is 5.87. The molecular formula is C14H18N4O2. The van der Waals surface area contributed by atoms with Gasteiger partial charge >= 0.3 is 5.69 Å². The molecule has 1 aromatic heterocycles. The van der Waals surface area contributed by atoms with E-state index in [1.807, 2.05) is 37.3 Å². The summed E-state index contributed by atoms with van der Waals surface area (Å²) < 4.78 is 2.52. The molecule has 0 atom stereocenters. The van der Waals surface area contributed by atoms with Gasteiger partial charge in [0.15, 0.2) is 0 Å². The Bertz CT molecular complexity index is 679. The van der Waals surface area contributed by atoms with Crippen LogP contribution in [0.25, 0.3) is 0 Å². The summed E-state index contributed by atoms with van der Waals surface area (Å²) in [6, 6.07) is 9.26. The van der Waals surface area contributed by atoms with Gasteiger partial charge in [-0.3, -0.25) is 13.9 Å². The highest BCUT2D eigenvalue weighted by molar-refractivity contribution is 5.68. The van der Waals surface area contributed by atoms with Crippen molar-refractivity contribution >= 4 is 17.2 Å². The van der Waals surface area contributed by atoms with E-state index in [0.717, 1.165) is 10.3 Å². The Kier molecular flexibility index (Phi) is 3.93. The smallest absolute Gasteiger partial charge is 0.332 e. The first-order valence-electron chi connectivity index (χ1n) is 6.47. The number of aromatic nitrogens is 2. The molecule has 0 aliphatic heterocycles. The first-order valence-corrected chi connectivity index (χ1v) is 6.47. The van der Waals surface area contributed by atoms with Crippen molar-refractivity contribution in [2.24, 2.45) is 7.05 Å². The third kappa shape index (κ3) is 2.45. The molecule has 2 aromatic rings. The monoisotopic (exact) mass is 274 g/mol. The average Bonchev–Trinajstić information content (AvgIpc) is 2.47. The fourth-order valence-corrected chi connectivity index (χ4v) is 2.02. The number of nitrogens with one attached hydrogen (secondary N) is 1. The maximum Gasteiger partial charge on any atom is 0.332 e. The van der Waals surface area contributed by atoms with E-state index < -0.39 is 5.56 Å². The van der Waals surface area contributed by atoms with Crippen molar-refractivity contribution in [3.05, 3.63) is 51.2 Å². The molecule has 0 saturated heterocycles. The molecule has 0 amide bonds. The lowest BCUT2D eigenvalue weighted by atomic mass is 10.3. The quantitative estimate of drug-likeness (QED) is 0.880. The van der Waals surface area contributed by atoms with E-state index in [1.54, 1.807) is 7.05 Å². The molecule has 20 heavy (non-hydrogen) atoms. The van der Waals surface area contributed by atoms with Crippen LogP contribution in [-0.2, 0) is 13.6 Å². The molecule has 6 nitrogen and oxygen atoms in total. The van der Waals surface area contributed by atoms with Crippen LogP contribution in [0, 0.1) is 0 Å². The molecule has 2 rings (SSSR count). The predicted octanol–water partition coefficient (Wildman–Crippen LogP) is 1.28. The van der Waals surface area contributed by atoms with E-state index in [-0.39, 0.29) is 11.4 Å². The summed E-state index contributed by atoms with van der Waals surface area (Å²) in [5, 5.41) is 3.02. The Morgan fingerprint density at radius 1 is 1.20 bits per heavy atom. The first-order chi connectivity index (χ1) is 9.56. The highest BCUT2D eigenvalue weighted by Gasteiger charge is 2.14. The van der Waals surface area contributed by atoms with Crippen LogP contribution < -0.4 is 22.3 Å². The summed E-state index contributed by atoms with van der Waals surface area (Å²) >= 11 is 0. The fourth-order valence-electron chi connectivity index (χ4n) is 2.02. The zero-order valence-electron chi connectivity index (χ0n) is 11.6. The van der Waals surface area contributed by atoms with Gasteiger partial charge in [0.1, 0.15) is 11.5 Å². The second-order valence-electron chi connectivity index (χ2n) is 4.55. The molecule has 0 radical (unpaired) electrons. The molecule has 1 heterocycles. The number of nitrogen functional groups attached to an aromatic ring is 1. The van der Waals surface area contributed by atoms with Crippen LogP contribution in [0.1, 0.15) is 13.3 Å². The van der Waals surface area contributed by atoms with Gasteiger partial charge in [-0.15, -0.1) is 0 Å².